The number of pyridine rings is 1. The lowest BCUT2D eigenvalue weighted by atomic mass is 10.0. The Morgan fingerprint density at radius 1 is 0.900 bits per heavy atom. The summed E-state index contributed by atoms with van der Waals surface area (Å²) in [5, 5.41) is 1.19. The number of likely N-dealkylation sites (N-methyl/N-ethyl adjacent to an activating group) is 1. The zero-order valence-electron chi connectivity index (χ0n) is 18.4. The lowest BCUT2D eigenvalue weighted by molar-refractivity contribution is 0.269. The van der Waals surface area contributed by atoms with E-state index in [9.17, 15) is 0 Å². The summed E-state index contributed by atoms with van der Waals surface area (Å²) in [5.41, 5.74) is 5.57. The largest absolute Gasteiger partial charge is 0.493 e. The van der Waals surface area contributed by atoms with Crippen LogP contribution >= 0.6 is 0 Å². The Kier molecular flexibility index (Phi) is 6.21. The second-order valence-corrected chi connectivity index (χ2v) is 8.19. The third kappa shape index (κ3) is 4.42. The Morgan fingerprint density at radius 3 is 2.53 bits per heavy atom. The maximum Gasteiger partial charge on any atom is 0.161 e. The van der Waals surface area contributed by atoms with E-state index in [0.717, 1.165) is 61.0 Å². The Hall–Kier alpha value is -2.63. The number of aromatic nitrogens is 1. The van der Waals surface area contributed by atoms with Crippen molar-refractivity contribution in [1.29, 1.82) is 0 Å². The molecule has 4 rings (SSSR count). The van der Waals surface area contributed by atoms with Gasteiger partial charge >= 0.3 is 0 Å². The van der Waals surface area contributed by atoms with Crippen molar-refractivity contribution in [3.05, 3.63) is 53.6 Å². The zero-order valence-corrected chi connectivity index (χ0v) is 18.4. The third-order valence-electron chi connectivity index (χ3n) is 5.92. The van der Waals surface area contributed by atoms with Crippen LogP contribution in [0.15, 0.2) is 42.5 Å². The van der Waals surface area contributed by atoms with Crippen molar-refractivity contribution in [2.75, 3.05) is 47.4 Å². The molecule has 0 unspecified atom stereocenters. The molecule has 2 aromatic carbocycles. The topological polar surface area (TPSA) is 37.8 Å². The van der Waals surface area contributed by atoms with Gasteiger partial charge in [-0.25, -0.2) is 4.98 Å². The fraction of sp³-hybridized carbons (Fsp3) is 0.400. The molecule has 3 aromatic rings. The lowest BCUT2D eigenvalue weighted by Gasteiger charge is -2.22. The first kappa shape index (κ1) is 20.6. The quantitative estimate of drug-likeness (QED) is 0.630. The van der Waals surface area contributed by atoms with Crippen LogP contribution in [0.3, 0.4) is 0 Å². The highest BCUT2D eigenvalue weighted by Gasteiger charge is 2.17. The first-order chi connectivity index (χ1) is 14.6. The van der Waals surface area contributed by atoms with Crippen molar-refractivity contribution in [3.8, 4) is 22.8 Å². The molecule has 1 fully saturated rings. The Balaban J connectivity index is 1.78. The molecular formula is C25H31N3O2. The number of ether oxygens (including phenoxy) is 2. The summed E-state index contributed by atoms with van der Waals surface area (Å²) < 4.78 is 11.0. The molecule has 0 saturated carbocycles. The zero-order chi connectivity index (χ0) is 21.1. The summed E-state index contributed by atoms with van der Waals surface area (Å²) in [6.45, 7) is 7.46. The molecule has 0 spiro atoms. The van der Waals surface area contributed by atoms with Gasteiger partial charge in [0.15, 0.2) is 11.5 Å². The molecular weight excluding hydrogens is 374 g/mol. The number of rotatable bonds is 5. The van der Waals surface area contributed by atoms with Crippen LogP contribution in [0.5, 0.6) is 11.5 Å². The van der Waals surface area contributed by atoms with Crippen LogP contribution in [0.2, 0.25) is 0 Å². The highest BCUT2D eigenvalue weighted by atomic mass is 16.5. The second kappa shape index (κ2) is 9.02. The maximum atomic E-state index is 5.55. The van der Waals surface area contributed by atoms with Crippen molar-refractivity contribution in [2.45, 2.75) is 19.9 Å². The SMILES string of the molecule is COc1ccc(-c2nc3cc(C)ccc3cc2CN2CCCN(C)CC2)cc1OC. The molecule has 1 saturated heterocycles. The standard InChI is InChI=1S/C25H31N3O2/c1-18-6-7-19-15-21(17-28-11-5-10-27(2)12-13-28)25(26-22(19)14-18)20-8-9-23(29-3)24(16-20)30-4/h6-9,14-16H,5,10-13,17H2,1-4H3. The van der Waals surface area contributed by atoms with E-state index in [-0.39, 0.29) is 0 Å². The Bertz CT molecular complexity index is 1030. The van der Waals surface area contributed by atoms with Gasteiger partial charge in [0.05, 0.1) is 25.4 Å². The lowest BCUT2D eigenvalue weighted by Crippen LogP contribution is -2.28. The van der Waals surface area contributed by atoms with Crippen LogP contribution in [0, 0.1) is 6.92 Å². The van der Waals surface area contributed by atoms with E-state index in [1.54, 1.807) is 14.2 Å². The van der Waals surface area contributed by atoms with Crippen molar-refractivity contribution in [2.24, 2.45) is 0 Å². The minimum absolute atomic E-state index is 0.725. The number of fused-ring (bicyclic) bond motifs is 1. The van der Waals surface area contributed by atoms with Crippen molar-refractivity contribution < 1.29 is 9.47 Å². The molecule has 0 N–H and O–H groups in total. The van der Waals surface area contributed by atoms with Gasteiger partial charge in [-0.2, -0.15) is 0 Å². The first-order valence-corrected chi connectivity index (χ1v) is 10.6. The van der Waals surface area contributed by atoms with E-state index in [1.165, 1.54) is 22.9 Å². The van der Waals surface area contributed by atoms with E-state index in [0.29, 0.717) is 0 Å². The number of methoxy groups -OCH3 is 2. The van der Waals surface area contributed by atoms with Crippen LogP contribution in [0.25, 0.3) is 22.2 Å². The molecule has 1 aromatic heterocycles. The van der Waals surface area contributed by atoms with Crippen LogP contribution in [-0.4, -0.2) is 62.2 Å². The van der Waals surface area contributed by atoms with Gasteiger partial charge in [0, 0.05) is 30.6 Å². The van der Waals surface area contributed by atoms with Gasteiger partial charge in [0.25, 0.3) is 0 Å². The van der Waals surface area contributed by atoms with Crippen LogP contribution < -0.4 is 9.47 Å². The number of nitrogens with zero attached hydrogens (tertiary/aromatic N) is 3. The molecule has 5 heteroatoms. The first-order valence-electron chi connectivity index (χ1n) is 10.6. The van der Waals surface area contributed by atoms with Gasteiger partial charge in [-0.15, -0.1) is 0 Å². The normalized spacial score (nSPS) is 15.9. The number of benzene rings is 2. The molecule has 0 amide bonds. The van der Waals surface area contributed by atoms with Gasteiger partial charge in [0.1, 0.15) is 0 Å². The highest BCUT2D eigenvalue weighted by Crippen LogP contribution is 2.34. The molecule has 0 aliphatic carbocycles. The van der Waals surface area contributed by atoms with Crippen LogP contribution in [0.1, 0.15) is 17.5 Å². The predicted molar refractivity (Wildman–Crippen MR) is 122 cm³/mol. The molecule has 0 bridgehead atoms. The molecule has 0 radical (unpaired) electrons. The van der Waals surface area contributed by atoms with Crippen LogP contribution in [0.4, 0.5) is 0 Å². The van der Waals surface area contributed by atoms with E-state index in [4.69, 9.17) is 14.5 Å². The molecule has 158 valence electrons. The van der Waals surface area contributed by atoms with E-state index in [2.05, 4.69) is 54.1 Å². The Morgan fingerprint density at radius 2 is 1.73 bits per heavy atom. The molecule has 1 aliphatic rings. The van der Waals surface area contributed by atoms with Crippen molar-refractivity contribution >= 4 is 10.9 Å². The molecule has 5 nitrogen and oxygen atoms in total. The Labute approximate surface area is 179 Å². The molecule has 2 heterocycles. The summed E-state index contributed by atoms with van der Waals surface area (Å²) in [4.78, 5) is 10.1. The maximum absolute atomic E-state index is 5.55. The predicted octanol–water partition coefficient (Wildman–Crippen LogP) is 4.36. The summed E-state index contributed by atoms with van der Waals surface area (Å²) in [7, 11) is 5.54. The average molecular weight is 406 g/mol. The van der Waals surface area contributed by atoms with Gasteiger partial charge in [-0.1, -0.05) is 12.1 Å². The fourth-order valence-electron chi connectivity index (χ4n) is 4.17. The van der Waals surface area contributed by atoms with Gasteiger partial charge in [0.2, 0.25) is 0 Å². The second-order valence-electron chi connectivity index (χ2n) is 8.19. The number of hydrogen-bond acceptors (Lipinski definition) is 5. The summed E-state index contributed by atoms with van der Waals surface area (Å²) in [5.74, 6) is 1.46. The van der Waals surface area contributed by atoms with Gasteiger partial charge < -0.3 is 14.4 Å². The van der Waals surface area contributed by atoms with Crippen LogP contribution in [-0.2, 0) is 6.54 Å². The summed E-state index contributed by atoms with van der Waals surface area (Å²) >= 11 is 0. The smallest absolute Gasteiger partial charge is 0.161 e. The minimum atomic E-state index is 0.725. The van der Waals surface area contributed by atoms with E-state index in [1.807, 2.05) is 12.1 Å². The van der Waals surface area contributed by atoms with E-state index >= 15 is 0 Å². The number of aryl methyl sites for hydroxylation is 1. The van der Waals surface area contributed by atoms with Gasteiger partial charge in [-0.3, -0.25) is 4.90 Å². The summed E-state index contributed by atoms with van der Waals surface area (Å²) in [6, 6.07) is 14.9. The highest BCUT2D eigenvalue weighted by molar-refractivity contribution is 5.84. The average Bonchev–Trinajstić information content (AvgIpc) is 2.97. The molecule has 30 heavy (non-hydrogen) atoms. The number of hydrogen-bond donors (Lipinski definition) is 0. The molecule has 1 aliphatic heterocycles. The monoisotopic (exact) mass is 405 g/mol. The van der Waals surface area contributed by atoms with Crippen molar-refractivity contribution in [1.82, 2.24) is 14.8 Å². The fourth-order valence-corrected chi connectivity index (χ4v) is 4.17. The van der Waals surface area contributed by atoms with E-state index < -0.39 is 0 Å². The summed E-state index contributed by atoms with van der Waals surface area (Å²) in [6.07, 6.45) is 1.20. The minimum Gasteiger partial charge on any atom is -0.493 e. The van der Waals surface area contributed by atoms with Gasteiger partial charge in [-0.05, 0) is 74.9 Å². The third-order valence-corrected chi connectivity index (χ3v) is 5.92. The van der Waals surface area contributed by atoms with Crippen molar-refractivity contribution in [3.63, 3.8) is 0 Å². The molecule has 0 atom stereocenters.